The fourth-order valence-electron chi connectivity index (χ4n) is 1.55. The van der Waals surface area contributed by atoms with Crippen molar-refractivity contribution in [3.05, 3.63) is 36.8 Å². The smallest absolute Gasteiger partial charge is 0.373 e. The van der Waals surface area contributed by atoms with E-state index >= 15 is 0 Å². The van der Waals surface area contributed by atoms with Crippen LogP contribution in [0.5, 0.6) is 5.75 Å². The third kappa shape index (κ3) is 6.25. The first-order valence-corrected chi connectivity index (χ1v) is 6.63. The molecule has 0 unspecified atom stereocenters. The Bertz CT molecular complexity index is 359. The van der Waals surface area contributed by atoms with Crippen molar-refractivity contribution in [2.45, 2.75) is 32.6 Å². The van der Waals surface area contributed by atoms with E-state index in [2.05, 4.69) is 23.6 Å². The van der Waals surface area contributed by atoms with E-state index in [9.17, 15) is 4.79 Å². The van der Waals surface area contributed by atoms with Crippen molar-refractivity contribution < 1.29 is 19.3 Å². The molecule has 105 valence electrons. The highest BCUT2D eigenvalue weighted by molar-refractivity contribution is 5.89. The van der Waals surface area contributed by atoms with Gasteiger partial charge in [0, 0.05) is 0 Å². The predicted octanol–water partition coefficient (Wildman–Crippen LogP) is 3.57. The number of ether oxygens (including phenoxy) is 1. The van der Waals surface area contributed by atoms with Gasteiger partial charge in [0.2, 0.25) is 0 Å². The molecule has 0 atom stereocenters. The van der Waals surface area contributed by atoms with Crippen LogP contribution in [0.25, 0.3) is 0 Å². The van der Waals surface area contributed by atoms with E-state index in [1.165, 1.54) is 19.3 Å². The van der Waals surface area contributed by atoms with Crippen LogP contribution in [-0.2, 0) is 9.78 Å². The Morgan fingerprint density at radius 3 is 2.53 bits per heavy atom. The van der Waals surface area contributed by atoms with Crippen LogP contribution in [-0.4, -0.2) is 19.2 Å². The van der Waals surface area contributed by atoms with Crippen LogP contribution in [0.3, 0.4) is 0 Å². The third-order valence-electron chi connectivity index (χ3n) is 2.57. The Kier molecular flexibility index (Phi) is 7.66. The second-order valence-corrected chi connectivity index (χ2v) is 4.13. The zero-order valence-corrected chi connectivity index (χ0v) is 11.4. The van der Waals surface area contributed by atoms with Crippen molar-refractivity contribution in [1.29, 1.82) is 0 Å². The topological polar surface area (TPSA) is 44.8 Å². The number of hydrogen-bond acceptors (Lipinski definition) is 4. The van der Waals surface area contributed by atoms with Crippen molar-refractivity contribution in [3.63, 3.8) is 0 Å². The lowest BCUT2D eigenvalue weighted by molar-refractivity contribution is -0.232. The minimum Gasteiger partial charge on any atom is -0.494 e. The van der Waals surface area contributed by atoms with Crippen LogP contribution in [0.2, 0.25) is 0 Å². The minimum absolute atomic E-state index is 0.0880. The molecule has 1 radical (unpaired) electrons. The number of carbonyl (C=O) groups is 1. The minimum atomic E-state index is -0.529. The first-order chi connectivity index (χ1) is 9.27. The second kappa shape index (κ2) is 9.39. The number of rotatable bonds is 9. The van der Waals surface area contributed by atoms with E-state index in [0.29, 0.717) is 12.2 Å². The van der Waals surface area contributed by atoms with E-state index in [-0.39, 0.29) is 6.61 Å². The standard InChI is InChI=1S/C15H21O4/c1-3-5-6-7-12-17-14-10-8-13(9-11-14)15(16)19-18-4-2/h8-11H,2-7,12H2,1H3. The normalized spacial score (nSPS) is 10.2. The van der Waals surface area contributed by atoms with E-state index in [4.69, 9.17) is 4.74 Å². The molecule has 4 heteroatoms. The summed E-state index contributed by atoms with van der Waals surface area (Å²) in [6.07, 6.45) is 4.69. The Labute approximate surface area is 114 Å². The third-order valence-corrected chi connectivity index (χ3v) is 2.57. The van der Waals surface area contributed by atoms with Crippen molar-refractivity contribution in [2.24, 2.45) is 0 Å². The fourth-order valence-corrected chi connectivity index (χ4v) is 1.55. The molecule has 0 aliphatic carbocycles. The van der Waals surface area contributed by atoms with Crippen molar-refractivity contribution >= 4 is 5.97 Å². The first-order valence-electron chi connectivity index (χ1n) is 6.63. The molecule has 0 heterocycles. The molecular formula is C15H21O4. The molecule has 0 bridgehead atoms. The molecule has 0 aromatic heterocycles. The summed E-state index contributed by atoms with van der Waals surface area (Å²) in [6.45, 7) is 6.37. The summed E-state index contributed by atoms with van der Waals surface area (Å²) in [5, 5.41) is 0. The molecule has 0 aliphatic heterocycles. The van der Waals surface area contributed by atoms with Crippen molar-refractivity contribution in [1.82, 2.24) is 0 Å². The zero-order valence-electron chi connectivity index (χ0n) is 11.4. The Balaban J connectivity index is 2.32. The van der Waals surface area contributed by atoms with Gasteiger partial charge in [0.15, 0.2) is 0 Å². The van der Waals surface area contributed by atoms with Gasteiger partial charge in [0.05, 0.1) is 18.8 Å². The molecule has 0 amide bonds. The molecule has 1 rings (SSSR count). The maximum atomic E-state index is 11.4. The van der Waals surface area contributed by atoms with E-state index in [1.807, 2.05) is 0 Å². The molecule has 4 nitrogen and oxygen atoms in total. The molecule has 0 saturated heterocycles. The van der Waals surface area contributed by atoms with Gasteiger partial charge >= 0.3 is 5.97 Å². The van der Waals surface area contributed by atoms with Crippen LogP contribution in [0.15, 0.2) is 24.3 Å². The lowest BCUT2D eigenvalue weighted by atomic mass is 10.2. The summed E-state index contributed by atoms with van der Waals surface area (Å²) in [5.41, 5.74) is 0.423. The van der Waals surface area contributed by atoms with E-state index in [1.54, 1.807) is 24.3 Å². The lowest BCUT2D eigenvalue weighted by Gasteiger charge is -2.06. The number of unbranched alkanes of at least 4 members (excludes halogenated alkanes) is 3. The molecule has 0 N–H and O–H groups in total. The van der Waals surface area contributed by atoms with Crippen LogP contribution in [0.1, 0.15) is 43.0 Å². The number of benzene rings is 1. The first kappa shape index (κ1) is 15.5. The van der Waals surface area contributed by atoms with E-state index in [0.717, 1.165) is 12.2 Å². The number of carbonyl (C=O) groups excluding carboxylic acids is 1. The van der Waals surface area contributed by atoms with Gasteiger partial charge in [0.25, 0.3) is 0 Å². The number of hydrogen-bond donors (Lipinski definition) is 0. The Morgan fingerprint density at radius 1 is 1.16 bits per heavy atom. The quantitative estimate of drug-likeness (QED) is 0.389. The largest absolute Gasteiger partial charge is 0.494 e. The summed E-state index contributed by atoms with van der Waals surface area (Å²) < 4.78 is 5.58. The monoisotopic (exact) mass is 265 g/mol. The summed E-state index contributed by atoms with van der Waals surface area (Å²) in [7, 11) is 0. The summed E-state index contributed by atoms with van der Waals surface area (Å²) in [5.74, 6) is 0.226. The van der Waals surface area contributed by atoms with Gasteiger partial charge in [-0.15, -0.1) is 0 Å². The van der Waals surface area contributed by atoms with Gasteiger partial charge in [-0.05, 0) is 37.6 Å². The summed E-state index contributed by atoms with van der Waals surface area (Å²) in [4.78, 5) is 20.4. The molecule has 0 fully saturated rings. The van der Waals surface area contributed by atoms with Gasteiger partial charge in [0.1, 0.15) is 5.75 Å². The van der Waals surface area contributed by atoms with Crippen molar-refractivity contribution in [2.75, 3.05) is 13.2 Å². The molecule has 1 aromatic carbocycles. The van der Waals surface area contributed by atoms with Crippen LogP contribution in [0, 0.1) is 6.92 Å². The van der Waals surface area contributed by atoms with Gasteiger partial charge < -0.3 is 4.74 Å². The highest BCUT2D eigenvalue weighted by Gasteiger charge is 2.07. The molecular weight excluding hydrogens is 244 g/mol. The molecule has 19 heavy (non-hydrogen) atoms. The van der Waals surface area contributed by atoms with E-state index < -0.39 is 5.97 Å². The average Bonchev–Trinajstić information content (AvgIpc) is 2.45. The molecule has 0 spiro atoms. The molecule has 1 aromatic rings. The maximum Gasteiger partial charge on any atom is 0.373 e. The second-order valence-electron chi connectivity index (χ2n) is 4.13. The van der Waals surface area contributed by atoms with Gasteiger partial charge in [-0.25, -0.2) is 4.79 Å². The van der Waals surface area contributed by atoms with Gasteiger partial charge in [-0.1, -0.05) is 26.2 Å². The fraction of sp³-hybridized carbons (Fsp3) is 0.467. The molecule has 0 aliphatic rings. The lowest BCUT2D eigenvalue weighted by Crippen LogP contribution is -2.06. The zero-order chi connectivity index (χ0) is 13.9. The highest BCUT2D eigenvalue weighted by atomic mass is 17.2. The van der Waals surface area contributed by atoms with Gasteiger partial charge in [-0.3, -0.25) is 4.89 Å². The van der Waals surface area contributed by atoms with Gasteiger partial charge in [-0.2, -0.15) is 4.89 Å². The Morgan fingerprint density at radius 2 is 1.89 bits per heavy atom. The average molecular weight is 265 g/mol. The van der Waals surface area contributed by atoms with Crippen LogP contribution >= 0.6 is 0 Å². The maximum absolute atomic E-state index is 11.4. The highest BCUT2D eigenvalue weighted by Crippen LogP contribution is 2.14. The molecule has 0 saturated carbocycles. The summed E-state index contributed by atoms with van der Waals surface area (Å²) >= 11 is 0. The SMILES string of the molecule is [CH2]COOC(=O)c1ccc(OCCCCCC)cc1. The summed E-state index contributed by atoms with van der Waals surface area (Å²) in [6, 6.07) is 6.80. The van der Waals surface area contributed by atoms with Crippen LogP contribution in [0.4, 0.5) is 0 Å². The van der Waals surface area contributed by atoms with Crippen LogP contribution < -0.4 is 4.74 Å². The predicted molar refractivity (Wildman–Crippen MR) is 72.8 cm³/mol. The van der Waals surface area contributed by atoms with Crippen molar-refractivity contribution in [3.8, 4) is 5.75 Å². The Hall–Kier alpha value is -1.55.